The molecule has 3 nitrogen and oxygen atoms in total. The molecule has 0 unspecified atom stereocenters. The van der Waals surface area contributed by atoms with Gasteiger partial charge in [0, 0.05) is 0 Å². The number of para-hydroxylation sites is 1. The molecule has 0 bridgehead atoms. The van der Waals surface area contributed by atoms with E-state index in [9.17, 15) is 9.59 Å². The first-order valence-electron chi connectivity index (χ1n) is 3.43. The topological polar surface area (TPSA) is 43.4 Å². The molecule has 1 radical (unpaired) electrons. The van der Waals surface area contributed by atoms with Crippen molar-refractivity contribution in [1.29, 1.82) is 0 Å². The molecule has 1 rings (SSSR count). The lowest BCUT2D eigenvalue weighted by Gasteiger charge is -1.99. The second kappa shape index (κ2) is 4.28. The van der Waals surface area contributed by atoms with Gasteiger partial charge in [0.2, 0.25) is 6.29 Å². The van der Waals surface area contributed by atoms with Crippen molar-refractivity contribution in [3.05, 3.63) is 30.3 Å². The minimum absolute atomic E-state index is 0.325. The Morgan fingerprint density at radius 3 is 2.58 bits per heavy atom. The number of rotatable bonds is 3. The van der Waals surface area contributed by atoms with Gasteiger partial charge in [-0.25, -0.2) is 0 Å². The minimum atomic E-state index is -0.587. The lowest BCUT2D eigenvalue weighted by Crippen LogP contribution is -2.07. The van der Waals surface area contributed by atoms with Crippen LogP contribution in [0.3, 0.4) is 0 Å². The summed E-state index contributed by atoms with van der Waals surface area (Å²) in [5.74, 6) is -0.144. The van der Waals surface area contributed by atoms with Gasteiger partial charge in [0.05, 0.1) is 0 Å². The summed E-state index contributed by atoms with van der Waals surface area (Å²) in [6.45, 7) is 0. The van der Waals surface area contributed by atoms with Crippen LogP contribution in [0.25, 0.3) is 0 Å². The molecule has 0 aliphatic heterocycles. The van der Waals surface area contributed by atoms with E-state index in [4.69, 9.17) is 4.74 Å². The molecular weight excluding hydrogens is 156 g/mol. The highest BCUT2D eigenvalue weighted by atomic mass is 16.5. The van der Waals surface area contributed by atoms with Crippen molar-refractivity contribution >= 4 is 12.3 Å². The molecule has 1 aromatic rings. The third-order valence-corrected chi connectivity index (χ3v) is 1.19. The second-order valence-electron chi connectivity index (χ2n) is 2.11. The van der Waals surface area contributed by atoms with E-state index in [1.54, 1.807) is 24.3 Å². The number of carbonyl (C=O) groups is 1. The summed E-state index contributed by atoms with van der Waals surface area (Å²) < 4.78 is 4.75. The van der Waals surface area contributed by atoms with Gasteiger partial charge in [-0.3, -0.25) is 9.59 Å². The Bertz CT molecular complexity index is 266. The van der Waals surface area contributed by atoms with Crippen molar-refractivity contribution < 1.29 is 14.3 Å². The molecular formula is C9H7O3. The summed E-state index contributed by atoms with van der Waals surface area (Å²) in [4.78, 5) is 20.5. The first kappa shape index (κ1) is 8.46. The monoisotopic (exact) mass is 163 g/mol. The first-order valence-corrected chi connectivity index (χ1v) is 3.43. The van der Waals surface area contributed by atoms with Gasteiger partial charge < -0.3 is 4.74 Å². The Hall–Kier alpha value is -1.64. The number of benzene rings is 1. The summed E-state index contributed by atoms with van der Waals surface area (Å²) in [6, 6.07) is 8.58. The van der Waals surface area contributed by atoms with Gasteiger partial charge in [-0.1, -0.05) is 18.2 Å². The predicted octanol–water partition coefficient (Wildman–Crippen LogP) is 1.09. The standard InChI is InChI=1S/C9H7O3/c10-7-6-9(11)12-8-4-2-1-3-5-8/h1-5H,6H2. The normalized spacial score (nSPS) is 9.00. The van der Waals surface area contributed by atoms with Crippen molar-refractivity contribution in [3.8, 4) is 5.75 Å². The predicted molar refractivity (Wildman–Crippen MR) is 42.4 cm³/mol. The molecule has 12 heavy (non-hydrogen) atoms. The van der Waals surface area contributed by atoms with Gasteiger partial charge >= 0.3 is 5.97 Å². The van der Waals surface area contributed by atoms with Gasteiger partial charge in [0.1, 0.15) is 12.2 Å². The highest BCUT2D eigenvalue weighted by Gasteiger charge is 2.02. The molecule has 61 valence electrons. The fourth-order valence-corrected chi connectivity index (χ4v) is 0.715. The van der Waals surface area contributed by atoms with Crippen LogP contribution in [-0.4, -0.2) is 12.3 Å². The van der Waals surface area contributed by atoms with Crippen LogP contribution in [0.2, 0.25) is 0 Å². The molecule has 0 fully saturated rings. The molecule has 3 heteroatoms. The third kappa shape index (κ3) is 2.54. The zero-order chi connectivity index (χ0) is 8.81. The van der Waals surface area contributed by atoms with Gasteiger partial charge in [0.25, 0.3) is 0 Å². The van der Waals surface area contributed by atoms with Crippen LogP contribution in [0.15, 0.2) is 30.3 Å². The van der Waals surface area contributed by atoms with Crippen LogP contribution in [0.4, 0.5) is 0 Å². The van der Waals surface area contributed by atoms with E-state index in [1.807, 2.05) is 6.07 Å². The average molecular weight is 163 g/mol. The summed E-state index contributed by atoms with van der Waals surface area (Å²) in [5, 5.41) is 0. The smallest absolute Gasteiger partial charge is 0.319 e. The molecule has 0 aliphatic carbocycles. The Labute approximate surface area is 70.0 Å². The van der Waals surface area contributed by atoms with Crippen LogP contribution in [0.5, 0.6) is 5.75 Å². The number of ether oxygens (including phenoxy) is 1. The number of hydrogen-bond donors (Lipinski definition) is 0. The highest BCUT2D eigenvalue weighted by molar-refractivity contribution is 5.85. The van der Waals surface area contributed by atoms with E-state index in [1.165, 1.54) is 6.29 Å². The largest absolute Gasteiger partial charge is 0.426 e. The number of esters is 1. The molecule has 0 N–H and O–H groups in total. The summed E-state index contributed by atoms with van der Waals surface area (Å²) >= 11 is 0. The van der Waals surface area contributed by atoms with E-state index in [-0.39, 0.29) is 6.42 Å². The highest BCUT2D eigenvalue weighted by Crippen LogP contribution is 2.08. The maximum absolute atomic E-state index is 10.7. The summed E-state index contributed by atoms with van der Waals surface area (Å²) in [7, 11) is 0. The molecule has 0 aromatic heterocycles. The minimum Gasteiger partial charge on any atom is -0.426 e. The second-order valence-corrected chi connectivity index (χ2v) is 2.11. The van der Waals surface area contributed by atoms with Gasteiger partial charge in [0.15, 0.2) is 0 Å². The van der Waals surface area contributed by atoms with E-state index in [0.717, 1.165) is 0 Å². The van der Waals surface area contributed by atoms with E-state index < -0.39 is 5.97 Å². The Morgan fingerprint density at radius 2 is 2.00 bits per heavy atom. The maximum atomic E-state index is 10.7. The van der Waals surface area contributed by atoms with Gasteiger partial charge in [-0.15, -0.1) is 0 Å². The fraction of sp³-hybridized carbons (Fsp3) is 0.111. The molecule has 0 aliphatic rings. The SMILES string of the molecule is O=[C]CC(=O)Oc1ccccc1. The van der Waals surface area contributed by atoms with Gasteiger partial charge in [-0.2, -0.15) is 0 Å². The molecule has 0 saturated heterocycles. The van der Waals surface area contributed by atoms with Crippen LogP contribution < -0.4 is 4.74 Å². The number of hydrogen-bond acceptors (Lipinski definition) is 3. The molecule has 1 aromatic carbocycles. The van der Waals surface area contributed by atoms with Gasteiger partial charge in [-0.05, 0) is 12.1 Å². The van der Waals surface area contributed by atoms with Crippen LogP contribution >= 0.6 is 0 Å². The van der Waals surface area contributed by atoms with E-state index in [2.05, 4.69) is 0 Å². The summed E-state index contributed by atoms with van der Waals surface area (Å²) in [6.07, 6.45) is 1.14. The molecule has 0 atom stereocenters. The quantitative estimate of drug-likeness (QED) is 0.380. The molecule has 0 spiro atoms. The third-order valence-electron chi connectivity index (χ3n) is 1.19. The van der Waals surface area contributed by atoms with Crippen LogP contribution in [0, 0.1) is 0 Å². The van der Waals surface area contributed by atoms with E-state index in [0.29, 0.717) is 5.75 Å². The van der Waals surface area contributed by atoms with Crippen molar-refractivity contribution in [2.24, 2.45) is 0 Å². The maximum Gasteiger partial charge on any atom is 0.319 e. The lowest BCUT2D eigenvalue weighted by molar-refractivity contribution is -0.133. The molecule has 0 amide bonds. The van der Waals surface area contributed by atoms with Crippen LogP contribution in [0.1, 0.15) is 6.42 Å². The zero-order valence-electron chi connectivity index (χ0n) is 6.32. The Morgan fingerprint density at radius 1 is 1.33 bits per heavy atom. The van der Waals surface area contributed by atoms with Crippen molar-refractivity contribution in [2.75, 3.05) is 0 Å². The average Bonchev–Trinajstić information content (AvgIpc) is 2.06. The first-order chi connectivity index (χ1) is 5.83. The van der Waals surface area contributed by atoms with Crippen molar-refractivity contribution in [2.45, 2.75) is 6.42 Å². The van der Waals surface area contributed by atoms with Crippen molar-refractivity contribution in [3.63, 3.8) is 0 Å². The molecule has 0 saturated carbocycles. The van der Waals surface area contributed by atoms with Crippen LogP contribution in [-0.2, 0) is 9.59 Å². The fourth-order valence-electron chi connectivity index (χ4n) is 0.715. The van der Waals surface area contributed by atoms with E-state index >= 15 is 0 Å². The zero-order valence-corrected chi connectivity index (χ0v) is 6.32. The van der Waals surface area contributed by atoms with Crippen molar-refractivity contribution in [1.82, 2.24) is 0 Å². The molecule has 0 heterocycles. The lowest BCUT2D eigenvalue weighted by atomic mass is 10.3. The summed E-state index contributed by atoms with van der Waals surface area (Å²) in [5.41, 5.74) is 0. The Kier molecular flexibility index (Phi) is 3.02. The Balaban J connectivity index is 2.52. The number of carbonyl (C=O) groups excluding carboxylic acids is 2.